The van der Waals surface area contributed by atoms with Crippen LogP contribution in [0.5, 0.6) is 0 Å². The molecule has 174 valence electrons. The number of fused-ring (bicyclic) bond motifs is 2. The van der Waals surface area contributed by atoms with Gasteiger partial charge in [-0.05, 0) is 61.9 Å². The van der Waals surface area contributed by atoms with Crippen LogP contribution in [0.3, 0.4) is 0 Å². The molecule has 1 aliphatic heterocycles. The van der Waals surface area contributed by atoms with Gasteiger partial charge < -0.3 is 15.7 Å². The van der Waals surface area contributed by atoms with Gasteiger partial charge >= 0.3 is 5.97 Å². The quantitative estimate of drug-likeness (QED) is 0.327. The number of anilines is 1. The zero-order chi connectivity index (χ0) is 23.0. The first kappa shape index (κ1) is 22.8. The lowest BCUT2D eigenvalue weighted by molar-refractivity contribution is -0.139. The Balaban J connectivity index is 1.15. The number of carbonyl (C=O) groups excluding carboxylic acids is 1. The summed E-state index contributed by atoms with van der Waals surface area (Å²) >= 11 is 0. The van der Waals surface area contributed by atoms with E-state index in [0.29, 0.717) is 12.0 Å². The minimum absolute atomic E-state index is 0.377. The molecular weight excluding hydrogens is 418 g/mol. The molecule has 1 atom stereocenters. The number of H-pyrrole nitrogens is 1. The van der Waals surface area contributed by atoms with Crippen LogP contribution in [-0.2, 0) is 17.6 Å². The van der Waals surface area contributed by atoms with Gasteiger partial charge in [0.05, 0.1) is 11.7 Å². The average molecular weight is 450 g/mol. The first-order chi connectivity index (χ1) is 16.1. The summed E-state index contributed by atoms with van der Waals surface area (Å²) in [5.74, 6) is -0.331. The van der Waals surface area contributed by atoms with E-state index in [4.69, 9.17) is 4.98 Å². The van der Waals surface area contributed by atoms with Crippen molar-refractivity contribution in [1.82, 2.24) is 20.5 Å². The monoisotopic (exact) mass is 449 g/mol. The summed E-state index contributed by atoms with van der Waals surface area (Å²) in [7, 11) is 0. The second-order valence-electron chi connectivity index (χ2n) is 8.68. The lowest BCUT2D eigenvalue weighted by Gasteiger charge is -2.17. The van der Waals surface area contributed by atoms with E-state index in [2.05, 4.69) is 33.0 Å². The number of rotatable bonds is 11. The zero-order valence-electron chi connectivity index (χ0n) is 18.8. The third kappa shape index (κ3) is 6.09. The number of amides is 1. The van der Waals surface area contributed by atoms with Crippen molar-refractivity contribution in [2.24, 2.45) is 0 Å². The Morgan fingerprint density at radius 3 is 2.82 bits per heavy atom. The fourth-order valence-electron chi connectivity index (χ4n) is 4.28. The lowest BCUT2D eigenvalue weighted by atomic mass is 10.0. The Morgan fingerprint density at radius 2 is 1.94 bits per heavy atom. The molecule has 1 amide bonds. The van der Waals surface area contributed by atoms with Gasteiger partial charge in [0.15, 0.2) is 0 Å². The number of hydrogen-bond donors (Lipinski definition) is 4. The van der Waals surface area contributed by atoms with E-state index in [1.807, 2.05) is 0 Å². The summed E-state index contributed by atoms with van der Waals surface area (Å²) in [6.45, 7) is 1.00. The fraction of sp³-hybridized carbons (Fsp3) is 0.440. The SMILES string of the molecule is O=C(N[C@@H](CCCCCCCc1ccc2c(n1)NCCC2)C(=O)O)c1ccc2[nH]ncc2c1. The number of benzene rings is 1. The summed E-state index contributed by atoms with van der Waals surface area (Å²) in [5.41, 5.74) is 3.71. The molecule has 3 aromatic rings. The van der Waals surface area contributed by atoms with Crippen LogP contribution < -0.4 is 10.6 Å². The number of unbranched alkanes of at least 4 members (excludes halogenated alkanes) is 4. The number of carbonyl (C=O) groups is 2. The van der Waals surface area contributed by atoms with E-state index < -0.39 is 12.0 Å². The van der Waals surface area contributed by atoms with Gasteiger partial charge in [0.25, 0.3) is 5.91 Å². The van der Waals surface area contributed by atoms with Crippen molar-refractivity contribution in [3.8, 4) is 0 Å². The van der Waals surface area contributed by atoms with Crippen LogP contribution in [0.1, 0.15) is 66.6 Å². The van der Waals surface area contributed by atoms with Gasteiger partial charge in [-0.1, -0.05) is 31.7 Å². The molecule has 0 radical (unpaired) electrons. The van der Waals surface area contributed by atoms with E-state index in [9.17, 15) is 14.7 Å². The third-order valence-electron chi connectivity index (χ3n) is 6.18. The molecule has 4 rings (SSSR count). The molecule has 8 nitrogen and oxygen atoms in total. The molecule has 0 saturated heterocycles. The molecule has 0 fully saturated rings. The van der Waals surface area contributed by atoms with E-state index in [1.54, 1.807) is 24.4 Å². The summed E-state index contributed by atoms with van der Waals surface area (Å²) in [6.07, 6.45) is 10.2. The number of nitrogens with zero attached hydrogens (tertiary/aromatic N) is 2. The fourth-order valence-corrected chi connectivity index (χ4v) is 4.28. The summed E-state index contributed by atoms with van der Waals surface area (Å²) in [5, 5.41) is 23.1. The van der Waals surface area contributed by atoms with Gasteiger partial charge in [-0.15, -0.1) is 0 Å². The Bertz CT molecular complexity index is 1110. The molecule has 8 heteroatoms. The highest BCUT2D eigenvalue weighted by Gasteiger charge is 2.20. The van der Waals surface area contributed by atoms with Gasteiger partial charge in [0, 0.05) is 23.2 Å². The van der Waals surface area contributed by atoms with E-state index in [0.717, 1.165) is 73.9 Å². The molecular formula is C25H31N5O3. The largest absolute Gasteiger partial charge is 0.480 e. The predicted molar refractivity (Wildman–Crippen MR) is 127 cm³/mol. The van der Waals surface area contributed by atoms with E-state index in [-0.39, 0.29) is 5.91 Å². The molecule has 0 unspecified atom stereocenters. The highest BCUT2D eigenvalue weighted by molar-refractivity contribution is 5.99. The van der Waals surface area contributed by atoms with Crippen LogP contribution in [-0.4, -0.2) is 44.8 Å². The van der Waals surface area contributed by atoms with Crippen LogP contribution in [0, 0.1) is 0 Å². The Labute approximate surface area is 193 Å². The maximum absolute atomic E-state index is 12.5. The minimum atomic E-state index is -1.00. The van der Waals surface area contributed by atoms with Crippen molar-refractivity contribution < 1.29 is 14.7 Å². The summed E-state index contributed by atoms with van der Waals surface area (Å²) in [6, 6.07) is 8.59. The molecule has 0 saturated carbocycles. The van der Waals surface area contributed by atoms with Crippen molar-refractivity contribution in [2.75, 3.05) is 11.9 Å². The van der Waals surface area contributed by atoms with Crippen LogP contribution in [0.25, 0.3) is 10.9 Å². The lowest BCUT2D eigenvalue weighted by Crippen LogP contribution is -2.40. The van der Waals surface area contributed by atoms with Gasteiger partial charge in [0.2, 0.25) is 0 Å². The first-order valence-electron chi connectivity index (χ1n) is 11.8. The van der Waals surface area contributed by atoms with Crippen molar-refractivity contribution in [3.05, 3.63) is 53.3 Å². The molecule has 0 aliphatic carbocycles. The molecule has 1 aromatic carbocycles. The van der Waals surface area contributed by atoms with Crippen molar-refractivity contribution in [1.29, 1.82) is 0 Å². The number of nitrogens with one attached hydrogen (secondary N) is 3. The standard InChI is InChI=1S/C25H31N5O3/c31-24(18-11-13-21-19(15-18)16-27-30-21)29-22(25(32)33)9-5-3-1-2-4-8-20-12-10-17-7-6-14-26-23(17)28-20/h10-13,15-16,22H,1-9,14H2,(H,26,28)(H,27,30)(H,29,31)(H,32,33)/t22-/m0/s1. The van der Waals surface area contributed by atoms with Crippen molar-refractivity contribution >= 4 is 28.6 Å². The maximum atomic E-state index is 12.5. The number of aryl methyl sites for hydroxylation is 2. The van der Waals surface area contributed by atoms with Gasteiger partial charge in [-0.3, -0.25) is 9.89 Å². The number of carboxylic acid groups (broad SMARTS) is 1. The summed E-state index contributed by atoms with van der Waals surface area (Å²) < 4.78 is 0. The molecule has 0 bridgehead atoms. The molecule has 0 spiro atoms. The number of pyridine rings is 1. The minimum Gasteiger partial charge on any atom is -0.480 e. The topological polar surface area (TPSA) is 120 Å². The smallest absolute Gasteiger partial charge is 0.326 e. The number of aromatic nitrogens is 3. The van der Waals surface area contributed by atoms with Crippen LogP contribution in [0.15, 0.2) is 36.5 Å². The number of aromatic amines is 1. The highest BCUT2D eigenvalue weighted by Crippen LogP contribution is 2.20. The first-order valence-corrected chi connectivity index (χ1v) is 11.8. The van der Waals surface area contributed by atoms with Crippen molar-refractivity contribution in [2.45, 2.75) is 63.8 Å². The van der Waals surface area contributed by atoms with Crippen molar-refractivity contribution in [3.63, 3.8) is 0 Å². The van der Waals surface area contributed by atoms with E-state index in [1.165, 1.54) is 12.0 Å². The number of aliphatic carboxylic acids is 1. The average Bonchev–Trinajstić information content (AvgIpc) is 3.30. The number of carboxylic acids is 1. The van der Waals surface area contributed by atoms with Gasteiger partial charge in [-0.2, -0.15) is 5.10 Å². The Hall–Kier alpha value is -3.42. The van der Waals surface area contributed by atoms with Gasteiger partial charge in [0.1, 0.15) is 11.9 Å². The molecule has 4 N–H and O–H groups in total. The Morgan fingerprint density at radius 1 is 1.09 bits per heavy atom. The molecule has 33 heavy (non-hydrogen) atoms. The maximum Gasteiger partial charge on any atom is 0.326 e. The predicted octanol–water partition coefficient (Wildman–Crippen LogP) is 4.08. The van der Waals surface area contributed by atoms with Crippen LogP contribution in [0.2, 0.25) is 0 Å². The molecule has 2 aromatic heterocycles. The van der Waals surface area contributed by atoms with Crippen LogP contribution in [0.4, 0.5) is 5.82 Å². The summed E-state index contributed by atoms with van der Waals surface area (Å²) in [4.78, 5) is 28.9. The third-order valence-corrected chi connectivity index (χ3v) is 6.18. The zero-order valence-corrected chi connectivity index (χ0v) is 18.8. The second-order valence-corrected chi connectivity index (χ2v) is 8.68. The molecule has 1 aliphatic rings. The van der Waals surface area contributed by atoms with Crippen LogP contribution >= 0.6 is 0 Å². The highest BCUT2D eigenvalue weighted by atomic mass is 16.4. The number of hydrogen-bond acceptors (Lipinski definition) is 5. The Kier molecular flexibility index (Phi) is 7.55. The molecule has 3 heterocycles. The van der Waals surface area contributed by atoms with Gasteiger partial charge in [-0.25, -0.2) is 9.78 Å². The normalized spacial score (nSPS) is 13.8. The second kappa shape index (κ2) is 10.9. The van der Waals surface area contributed by atoms with E-state index >= 15 is 0 Å².